The van der Waals surface area contributed by atoms with Gasteiger partial charge < -0.3 is 4.42 Å². The SMILES string of the molecule is Cc1cccc(N2C(=O)c3oc4ccccc4c(=O)c3C2c2cccc(Br)c2)n1. The Kier molecular flexibility index (Phi) is 4.10. The van der Waals surface area contributed by atoms with Gasteiger partial charge in [0, 0.05) is 10.2 Å². The molecule has 2 aromatic heterocycles. The van der Waals surface area contributed by atoms with Gasteiger partial charge in [-0.25, -0.2) is 4.98 Å². The third kappa shape index (κ3) is 2.79. The van der Waals surface area contributed by atoms with Crippen molar-refractivity contribution in [1.29, 1.82) is 0 Å². The molecule has 1 aliphatic rings. The summed E-state index contributed by atoms with van der Waals surface area (Å²) in [6, 6.07) is 19.4. The van der Waals surface area contributed by atoms with Gasteiger partial charge in [-0.05, 0) is 48.9 Å². The molecule has 2 aromatic carbocycles. The fraction of sp³-hybridized carbons (Fsp3) is 0.0870. The summed E-state index contributed by atoms with van der Waals surface area (Å²) in [6.07, 6.45) is 0. The second-order valence-corrected chi connectivity index (χ2v) is 7.86. The van der Waals surface area contributed by atoms with Crippen LogP contribution in [0.2, 0.25) is 0 Å². The molecule has 0 spiro atoms. The number of carbonyl (C=O) groups excluding carboxylic acids is 1. The lowest BCUT2D eigenvalue weighted by atomic mass is 9.98. The molecule has 5 nitrogen and oxygen atoms in total. The summed E-state index contributed by atoms with van der Waals surface area (Å²) in [6.45, 7) is 1.86. The van der Waals surface area contributed by atoms with E-state index in [9.17, 15) is 9.59 Å². The van der Waals surface area contributed by atoms with Crippen LogP contribution in [0.1, 0.15) is 33.4 Å². The van der Waals surface area contributed by atoms with Crippen LogP contribution in [0.3, 0.4) is 0 Å². The van der Waals surface area contributed by atoms with Crippen LogP contribution in [-0.2, 0) is 0 Å². The molecule has 0 radical (unpaired) electrons. The predicted molar refractivity (Wildman–Crippen MR) is 114 cm³/mol. The normalized spacial score (nSPS) is 15.7. The first-order valence-corrected chi connectivity index (χ1v) is 9.92. The van der Waals surface area contributed by atoms with E-state index < -0.39 is 6.04 Å². The monoisotopic (exact) mass is 446 g/mol. The Labute approximate surface area is 174 Å². The highest BCUT2D eigenvalue weighted by Crippen LogP contribution is 2.41. The number of anilines is 1. The fourth-order valence-electron chi connectivity index (χ4n) is 3.81. The summed E-state index contributed by atoms with van der Waals surface area (Å²) in [7, 11) is 0. The molecule has 6 heteroatoms. The van der Waals surface area contributed by atoms with E-state index in [1.165, 1.54) is 0 Å². The van der Waals surface area contributed by atoms with Crippen LogP contribution < -0.4 is 10.3 Å². The van der Waals surface area contributed by atoms with Crippen LogP contribution in [0.25, 0.3) is 11.0 Å². The molecule has 29 heavy (non-hydrogen) atoms. The number of pyridine rings is 1. The van der Waals surface area contributed by atoms with Crippen LogP contribution in [0.4, 0.5) is 5.82 Å². The molecule has 1 unspecified atom stereocenters. The Hall–Kier alpha value is -3.25. The minimum atomic E-state index is -0.620. The Morgan fingerprint density at radius 1 is 1.00 bits per heavy atom. The highest BCUT2D eigenvalue weighted by Gasteiger charge is 2.44. The molecule has 0 aliphatic carbocycles. The minimum absolute atomic E-state index is 0.0713. The van der Waals surface area contributed by atoms with Crippen molar-refractivity contribution in [2.75, 3.05) is 4.90 Å². The third-order valence-corrected chi connectivity index (χ3v) is 5.56. The Bertz CT molecular complexity index is 1350. The maximum Gasteiger partial charge on any atom is 0.296 e. The topological polar surface area (TPSA) is 63.4 Å². The van der Waals surface area contributed by atoms with Gasteiger partial charge in [-0.2, -0.15) is 0 Å². The van der Waals surface area contributed by atoms with Gasteiger partial charge in [0.15, 0.2) is 5.43 Å². The molecule has 1 atom stereocenters. The van der Waals surface area contributed by atoms with Gasteiger partial charge >= 0.3 is 0 Å². The van der Waals surface area contributed by atoms with E-state index in [0.717, 1.165) is 15.7 Å². The zero-order valence-electron chi connectivity index (χ0n) is 15.4. The first kappa shape index (κ1) is 17.8. The van der Waals surface area contributed by atoms with E-state index >= 15 is 0 Å². The number of nitrogens with zero attached hydrogens (tertiary/aromatic N) is 2. The van der Waals surface area contributed by atoms with Gasteiger partial charge in [-0.3, -0.25) is 14.5 Å². The molecule has 1 amide bonds. The van der Waals surface area contributed by atoms with Crippen molar-refractivity contribution >= 4 is 38.6 Å². The van der Waals surface area contributed by atoms with E-state index in [1.807, 2.05) is 43.3 Å². The number of halogens is 1. The van der Waals surface area contributed by atoms with Crippen molar-refractivity contribution in [3.63, 3.8) is 0 Å². The van der Waals surface area contributed by atoms with Gasteiger partial charge in [0.1, 0.15) is 11.4 Å². The number of carbonyl (C=O) groups is 1. The van der Waals surface area contributed by atoms with Crippen LogP contribution in [0.5, 0.6) is 0 Å². The van der Waals surface area contributed by atoms with Gasteiger partial charge in [-0.15, -0.1) is 0 Å². The van der Waals surface area contributed by atoms with Crippen molar-refractivity contribution in [3.8, 4) is 0 Å². The maximum atomic E-state index is 13.4. The van der Waals surface area contributed by atoms with E-state index in [-0.39, 0.29) is 17.1 Å². The van der Waals surface area contributed by atoms with E-state index in [2.05, 4.69) is 20.9 Å². The highest BCUT2D eigenvalue weighted by atomic mass is 79.9. The number of hydrogen-bond acceptors (Lipinski definition) is 4. The Morgan fingerprint density at radius 3 is 2.59 bits per heavy atom. The molecular formula is C23H15BrN2O3. The molecule has 0 bridgehead atoms. The number of fused-ring (bicyclic) bond motifs is 2. The molecule has 1 aliphatic heterocycles. The number of rotatable bonds is 2. The lowest BCUT2D eigenvalue weighted by Gasteiger charge is -2.24. The average Bonchev–Trinajstić information content (AvgIpc) is 3.01. The van der Waals surface area contributed by atoms with Crippen LogP contribution in [0.15, 0.2) is 80.4 Å². The smallest absolute Gasteiger partial charge is 0.296 e. The molecule has 5 rings (SSSR count). The van der Waals surface area contributed by atoms with Gasteiger partial charge in [0.25, 0.3) is 5.91 Å². The number of para-hydroxylation sites is 1. The predicted octanol–water partition coefficient (Wildman–Crippen LogP) is 5.01. The maximum absolute atomic E-state index is 13.4. The number of amides is 1. The summed E-state index contributed by atoms with van der Waals surface area (Å²) in [5.74, 6) is 0.183. The quantitative estimate of drug-likeness (QED) is 0.434. The lowest BCUT2D eigenvalue weighted by molar-refractivity contribution is 0.0970. The van der Waals surface area contributed by atoms with Crippen LogP contribution >= 0.6 is 15.9 Å². The summed E-state index contributed by atoms with van der Waals surface area (Å²) in [5.41, 5.74) is 2.13. The number of hydrogen-bond donors (Lipinski definition) is 0. The summed E-state index contributed by atoms with van der Waals surface area (Å²) in [5, 5.41) is 0.457. The average molecular weight is 447 g/mol. The second-order valence-electron chi connectivity index (χ2n) is 6.94. The standard InChI is InChI=1S/C23H15BrN2O3/c1-13-6-4-11-18(25-13)26-20(14-7-5-8-15(24)12-14)19-21(27)16-9-2-3-10-17(16)29-22(19)23(26)28/h2-12,20H,1H3. The summed E-state index contributed by atoms with van der Waals surface area (Å²) < 4.78 is 6.79. The van der Waals surface area contributed by atoms with Crippen molar-refractivity contribution in [1.82, 2.24) is 4.98 Å². The zero-order chi connectivity index (χ0) is 20.1. The van der Waals surface area contributed by atoms with E-state index in [0.29, 0.717) is 22.4 Å². The largest absolute Gasteiger partial charge is 0.450 e. The molecule has 0 saturated heterocycles. The van der Waals surface area contributed by atoms with Crippen molar-refractivity contribution in [3.05, 3.63) is 104 Å². The molecule has 3 heterocycles. The van der Waals surface area contributed by atoms with Gasteiger partial charge in [0.2, 0.25) is 5.76 Å². The van der Waals surface area contributed by atoms with Crippen molar-refractivity contribution in [2.45, 2.75) is 13.0 Å². The fourth-order valence-corrected chi connectivity index (χ4v) is 4.23. The van der Waals surface area contributed by atoms with Crippen LogP contribution in [-0.4, -0.2) is 10.9 Å². The van der Waals surface area contributed by atoms with Crippen LogP contribution in [0, 0.1) is 6.92 Å². The second kappa shape index (κ2) is 6.67. The van der Waals surface area contributed by atoms with Crippen molar-refractivity contribution in [2.24, 2.45) is 0 Å². The summed E-state index contributed by atoms with van der Waals surface area (Å²) >= 11 is 3.49. The zero-order valence-corrected chi connectivity index (χ0v) is 17.0. The molecular weight excluding hydrogens is 432 g/mol. The molecule has 4 aromatic rings. The van der Waals surface area contributed by atoms with Crippen molar-refractivity contribution < 1.29 is 9.21 Å². The number of aromatic nitrogens is 1. The van der Waals surface area contributed by atoms with Gasteiger partial charge in [0.05, 0.1) is 17.0 Å². The third-order valence-electron chi connectivity index (χ3n) is 5.06. The van der Waals surface area contributed by atoms with E-state index in [4.69, 9.17) is 4.42 Å². The molecule has 0 saturated carbocycles. The number of benzene rings is 2. The number of aryl methyl sites for hydroxylation is 1. The Balaban J connectivity index is 1.84. The summed E-state index contributed by atoms with van der Waals surface area (Å²) in [4.78, 5) is 32.9. The van der Waals surface area contributed by atoms with E-state index in [1.54, 1.807) is 35.2 Å². The lowest BCUT2D eigenvalue weighted by Crippen LogP contribution is -2.30. The van der Waals surface area contributed by atoms with Gasteiger partial charge in [-0.1, -0.05) is 46.3 Å². The highest BCUT2D eigenvalue weighted by molar-refractivity contribution is 9.10. The first-order valence-electron chi connectivity index (χ1n) is 9.13. The molecule has 0 N–H and O–H groups in total. The first-order chi connectivity index (χ1) is 14.0. The molecule has 142 valence electrons. The molecule has 0 fully saturated rings. The Morgan fingerprint density at radius 2 is 1.79 bits per heavy atom. The minimum Gasteiger partial charge on any atom is -0.450 e.